The molecular weight excluding hydrogens is 757 g/mol. The molecule has 0 saturated carbocycles. The zero-order chi connectivity index (χ0) is 41.6. The molecule has 63 heavy (non-hydrogen) atoms. The van der Waals surface area contributed by atoms with Gasteiger partial charge in [0.05, 0.1) is 0 Å². The van der Waals surface area contributed by atoms with Gasteiger partial charge in [0, 0.05) is 5.41 Å². The zero-order valence-corrected chi connectivity index (χ0v) is 35.4. The Bertz CT molecular complexity index is 3850. The Balaban J connectivity index is 0.813. The Kier molecular flexibility index (Phi) is 7.11. The van der Waals surface area contributed by atoms with Gasteiger partial charge in [-0.25, -0.2) is 0 Å². The fraction of sp³-hybridized carbons (Fsp3) is 0.0794. The van der Waals surface area contributed by atoms with E-state index in [0.717, 1.165) is 12.8 Å². The van der Waals surface area contributed by atoms with Crippen LogP contribution in [0.25, 0.3) is 121 Å². The van der Waals surface area contributed by atoms with Gasteiger partial charge >= 0.3 is 0 Å². The van der Waals surface area contributed by atoms with Gasteiger partial charge in [-0.2, -0.15) is 0 Å². The van der Waals surface area contributed by atoms with E-state index in [2.05, 4.69) is 208 Å². The smallest absolute Gasteiger partial charge is 0.0159 e. The highest BCUT2D eigenvalue weighted by atomic mass is 14.4. The highest BCUT2D eigenvalue weighted by molar-refractivity contribution is 6.27. The lowest BCUT2D eigenvalue weighted by molar-refractivity contribution is 0.661. The van der Waals surface area contributed by atoms with Gasteiger partial charge in [0.15, 0.2) is 0 Å². The average Bonchev–Trinajstić information content (AvgIpc) is 3.56. The summed E-state index contributed by atoms with van der Waals surface area (Å²) in [6, 6.07) is 67.1. The molecule has 0 saturated heterocycles. The standard InChI is InChI=1S/C63H42/c1-63(2)57-35-46(24-29-52(57)53-30-25-48(36-58(53)63)51-28-19-42-16-15-40-8-5-9-41-21-31-55(51)60(42)59(40)41)38-10-13-39(14-11-38)49-26-18-43-23-33-56-50(27-20-44-22-32-54(49)61(43)62(44)56)47-17-12-37-6-3-4-7-45(37)34-47/h3-7,9-15,17-36H,8,16H2,1-2H3. The van der Waals surface area contributed by atoms with E-state index in [1.165, 1.54) is 143 Å². The number of hydrogen-bond donors (Lipinski definition) is 0. The summed E-state index contributed by atoms with van der Waals surface area (Å²) < 4.78 is 0. The molecule has 14 rings (SSSR count). The topological polar surface area (TPSA) is 0 Å². The van der Waals surface area contributed by atoms with Crippen LogP contribution in [0.15, 0.2) is 188 Å². The van der Waals surface area contributed by atoms with Crippen LogP contribution >= 0.6 is 0 Å². The van der Waals surface area contributed by atoms with Crippen molar-refractivity contribution in [2.45, 2.75) is 32.1 Å². The molecule has 0 radical (unpaired) electrons. The molecule has 11 aromatic rings. The van der Waals surface area contributed by atoms with E-state index in [4.69, 9.17) is 0 Å². The molecule has 0 fully saturated rings. The van der Waals surface area contributed by atoms with Crippen LogP contribution in [0.5, 0.6) is 0 Å². The van der Waals surface area contributed by atoms with E-state index in [1.54, 1.807) is 0 Å². The summed E-state index contributed by atoms with van der Waals surface area (Å²) in [6.45, 7) is 4.82. The summed E-state index contributed by atoms with van der Waals surface area (Å²) >= 11 is 0. The second-order valence-corrected chi connectivity index (χ2v) is 18.7. The van der Waals surface area contributed by atoms with Crippen molar-refractivity contribution in [2.75, 3.05) is 0 Å². The maximum Gasteiger partial charge on any atom is 0.0159 e. The first-order valence-electron chi connectivity index (χ1n) is 22.5. The van der Waals surface area contributed by atoms with Crippen LogP contribution in [0, 0.1) is 0 Å². The summed E-state index contributed by atoms with van der Waals surface area (Å²) in [5, 5.41) is 13.2. The Morgan fingerprint density at radius 3 is 1.65 bits per heavy atom. The van der Waals surface area contributed by atoms with Gasteiger partial charge in [0.1, 0.15) is 0 Å². The number of hydrogen-bond acceptors (Lipinski definition) is 0. The highest BCUT2D eigenvalue weighted by Gasteiger charge is 2.36. The van der Waals surface area contributed by atoms with Crippen molar-refractivity contribution < 1.29 is 0 Å². The fourth-order valence-electron chi connectivity index (χ4n) is 11.9. The highest BCUT2D eigenvalue weighted by Crippen LogP contribution is 2.52. The lowest BCUT2D eigenvalue weighted by Crippen LogP contribution is -2.15. The summed E-state index contributed by atoms with van der Waals surface area (Å²) in [4.78, 5) is 0. The quantitative estimate of drug-likeness (QED) is 0.156. The van der Waals surface area contributed by atoms with Crippen LogP contribution in [0.4, 0.5) is 0 Å². The number of rotatable bonds is 4. The molecule has 0 N–H and O–H groups in total. The molecule has 294 valence electrons. The molecule has 0 unspecified atom stereocenters. The predicted octanol–water partition coefficient (Wildman–Crippen LogP) is 17.2. The third-order valence-corrected chi connectivity index (χ3v) is 15.1. The molecular formula is C63H42. The minimum absolute atomic E-state index is 0.131. The lowest BCUT2D eigenvalue weighted by atomic mass is 9.78. The fourth-order valence-corrected chi connectivity index (χ4v) is 11.9. The lowest BCUT2D eigenvalue weighted by Gasteiger charge is -2.25. The Morgan fingerprint density at radius 1 is 0.381 bits per heavy atom. The van der Waals surface area contributed by atoms with E-state index >= 15 is 0 Å². The second kappa shape index (κ2) is 12.8. The van der Waals surface area contributed by atoms with Crippen LogP contribution in [0.2, 0.25) is 0 Å². The minimum atomic E-state index is -0.131. The first kappa shape index (κ1) is 35.1. The van der Waals surface area contributed by atoms with Crippen molar-refractivity contribution in [3.05, 3.63) is 216 Å². The average molecular weight is 799 g/mol. The predicted molar refractivity (Wildman–Crippen MR) is 270 cm³/mol. The van der Waals surface area contributed by atoms with E-state index in [0.29, 0.717) is 0 Å². The van der Waals surface area contributed by atoms with Crippen LogP contribution in [0.3, 0.4) is 0 Å². The molecule has 0 heterocycles. The molecule has 0 aliphatic heterocycles. The molecule has 0 bridgehead atoms. The van der Waals surface area contributed by atoms with E-state index in [9.17, 15) is 0 Å². The third-order valence-electron chi connectivity index (χ3n) is 15.1. The Morgan fingerprint density at radius 2 is 0.905 bits per heavy atom. The van der Waals surface area contributed by atoms with E-state index in [1.807, 2.05) is 0 Å². The van der Waals surface area contributed by atoms with Crippen molar-refractivity contribution in [1.29, 1.82) is 0 Å². The van der Waals surface area contributed by atoms with Gasteiger partial charge in [-0.05, 0) is 174 Å². The van der Waals surface area contributed by atoms with Gasteiger partial charge in [-0.1, -0.05) is 190 Å². The molecule has 3 aliphatic rings. The Labute approximate surface area is 367 Å². The van der Waals surface area contributed by atoms with E-state index in [-0.39, 0.29) is 5.41 Å². The van der Waals surface area contributed by atoms with Gasteiger partial charge in [0.2, 0.25) is 0 Å². The summed E-state index contributed by atoms with van der Waals surface area (Å²) in [6.07, 6.45) is 9.11. The van der Waals surface area contributed by atoms with Crippen molar-refractivity contribution in [2.24, 2.45) is 0 Å². The summed E-state index contributed by atoms with van der Waals surface area (Å²) in [5.74, 6) is 0. The van der Waals surface area contributed by atoms with Crippen molar-refractivity contribution >= 4 is 65.5 Å². The largest absolute Gasteiger partial charge is 0.0795 e. The summed E-state index contributed by atoms with van der Waals surface area (Å²) in [7, 11) is 0. The molecule has 0 heteroatoms. The molecule has 0 spiro atoms. The third kappa shape index (κ3) is 4.98. The van der Waals surface area contributed by atoms with E-state index < -0.39 is 0 Å². The van der Waals surface area contributed by atoms with Crippen molar-refractivity contribution in [3.63, 3.8) is 0 Å². The van der Waals surface area contributed by atoms with Crippen molar-refractivity contribution in [3.8, 4) is 55.6 Å². The van der Waals surface area contributed by atoms with Gasteiger partial charge in [0.25, 0.3) is 0 Å². The molecule has 0 nitrogen and oxygen atoms in total. The summed E-state index contributed by atoms with van der Waals surface area (Å²) in [5.41, 5.74) is 21.3. The number of allylic oxidation sites excluding steroid dienone is 3. The number of fused-ring (bicyclic) bond motifs is 4. The maximum atomic E-state index is 2.49. The SMILES string of the molecule is CC1(C)c2cc(-c3ccc(-c4ccc5ccc6c(-c7ccc8ccccc8c7)ccc7ccc4c5c76)cc3)ccc2-c2ccc(-c3ccc4c5c6c(ccc35)C=CCC6=CC4)cc21. The maximum absolute atomic E-state index is 2.49. The van der Waals surface area contributed by atoms with Crippen molar-refractivity contribution in [1.82, 2.24) is 0 Å². The number of benzene rings is 11. The normalized spacial score (nSPS) is 14.5. The second-order valence-electron chi connectivity index (χ2n) is 18.7. The molecule has 3 aliphatic carbocycles. The molecule has 0 amide bonds. The Hall–Kier alpha value is -7.54. The van der Waals surface area contributed by atoms with Crippen LogP contribution in [-0.4, -0.2) is 0 Å². The molecule has 0 atom stereocenters. The first-order chi connectivity index (χ1) is 31.0. The minimum Gasteiger partial charge on any atom is -0.0795 e. The van der Waals surface area contributed by atoms with Crippen LogP contribution < -0.4 is 0 Å². The van der Waals surface area contributed by atoms with Gasteiger partial charge in [-0.3, -0.25) is 0 Å². The van der Waals surface area contributed by atoms with Crippen LogP contribution in [-0.2, 0) is 11.8 Å². The monoisotopic (exact) mass is 798 g/mol. The van der Waals surface area contributed by atoms with Gasteiger partial charge in [-0.15, -0.1) is 0 Å². The van der Waals surface area contributed by atoms with Crippen LogP contribution in [0.1, 0.15) is 48.1 Å². The molecule has 0 aromatic heterocycles. The molecule has 11 aromatic carbocycles. The van der Waals surface area contributed by atoms with Gasteiger partial charge < -0.3 is 0 Å². The zero-order valence-electron chi connectivity index (χ0n) is 35.4. The first-order valence-corrected chi connectivity index (χ1v) is 22.5.